The van der Waals surface area contributed by atoms with Gasteiger partial charge in [0.1, 0.15) is 5.75 Å². The summed E-state index contributed by atoms with van der Waals surface area (Å²) < 4.78 is 5.79. The molecule has 29 heavy (non-hydrogen) atoms. The number of amides is 1. The summed E-state index contributed by atoms with van der Waals surface area (Å²) in [6.07, 6.45) is 2.44. The van der Waals surface area contributed by atoms with E-state index in [-0.39, 0.29) is 29.9 Å². The van der Waals surface area contributed by atoms with Gasteiger partial charge in [0, 0.05) is 35.6 Å². The largest absolute Gasteiger partial charge is 0.494 e. The monoisotopic (exact) mass is 389 g/mol. The minimum absolute atomic E-state index is 0.0326. The minimum Gasteiger partial charge on any atom is -0.494 e. The molecule has 0 bridgehead atoms. The lowest BCUT2D eigenvalue weighted by atomic mass is 9.73. The molecule has 1 aliphatic carbocycles. The summed E-state index contributed by atoms with van der Waals surface area (Å²) in [4.78, 5) is 25.8. The molecule has 1 amide bonds. The zero-order valence-electron chi connectivity index (χ0n) is 17.0. The lowest BCUT2D eigenvalue weighted by molar-refractivity contribution is -0.122. The van der Waals surface area contributed by atoms with Gasteiger partial charge < -0.3 is 10.1 Å². The van der Waals surface area contributed by atoms with Gasteiger partial charge in [0.15, 0.2) is 5.78 Å². The Bertz CT molecular complexity index is 958. The average molecular weight is 389 g/mol. The van der Waals surface area contributed by atoms with Crippen LogP contribution in [0.3, 0.4) is 0 Å². The van der Waals surface area contributed by atoms with Gasteiger partial charge in [-0.25, -0.2) is 0 Å². The van der Waals surface area contributed by atoms with E-state index < -0.39 is 0 Å². The molecule has 0 fully saturated rings. The Hall–Kier alpha value is -2.88. The average Bonchev–Trinajstić information content (AvgIpc) is 2.73. The maximum atomic E-state index is 13.2. The standard InChI is InChI=1S/C25H27NO3/c1-3-16-9-11-17(12-10-16)18-13-21-25(22(27)14-18)20(15-24(28)26-21)19-7-5-6-8-23(19)29-4-2/h5-12,18,20H,3-4,13-15H2,1-2H3,(H,26,28). The molecule has 0 spiro atoms. The first-order valence-corrected chi connectivity index (χ1v) is 10.5. The number of allylic oxidation sites excluding steroid dienone is 2. The summed E-state index contributed by atoms with van der Waals surface area (Å²) in [5, 5.41) is 3.00. The molecule has 1 N–H and O–H groups in total. The fraction of sp³-hybridized carbons (Fsp3) is 0.360. The highest BCUT2D eigenvalue weighted by atomic mass is 16.5. The molecule has 4 heteroatoms. The van der Waals surface area contributed by atoms with Crippen LogP contribution in [0.2, 0.25) is 0 Å². The van der Waals surface area contributed by atoms with Gasteiger partial charge in [-0.05, 0) is 42.9 Å². The second-order valence-corrected chi connectivity index (χ2v) is 7.79. The number of benzene rings is 2. The van der Waals surface area contributed by atoms with Crippen molar-refractivity contribution in [3.63, 3.8) is 0 Å². The van der Waals surface area contributed by atoms with Crippen LogP contribution < -0.4 is 10.1 Å². The van der Waals surface area contributed by atoms with E-state index in [0.29, 0.717) is 19.4 Å². The Kier molecular flexibility index (Phi) is 5.52. The molecular weight excluding hydrogens is 362 g/mol. The van der Waals surface area contributed by atoms with Crippen LogP contribution >= 0.6 is 0 Å². The quantitative estimate of drug-likeness (QED) is 0.810. The number of hydrogen-bond donors (Lipinski definition) is 1. The molecule has 2 aliphatic rings. The van der Waals surface area contributed by atoms with E-state index in [4.69, 9.17) is 4.74 Å². The molecule has 0 saturated carbocycles. The Labute approximate surface area is 172 Å². The summed E-state index contributed by atoms with van der Waals surface area (Å²) in [5.74, 6) is 0.722. The number of Topliss-reactive ketones (excluding diaryl/α,β-unsaturated/α-hetero) is 1. The molecule has 2 aromatic carbocycles. The van der Waals surface area contributed by atoms with E-state index in [0.717, 1.165) is 34.6 Å². The zero-order chi connectivity index (χ0) is 20.4. The Morgan fingerprint density at radius 2 is 1.72 bits per heavy atom. The first-order valence-electron chi connectivity index (χ1n) is 10.5. The number of carbonyl (C=O) groups is 2. The van der Waals surface area contributed by atoms with E-state index in [1.54, 1.807) is 0 Å². The number of para-hydroxylation sites is 1. The molecule has 0 aromatic heterocycles. The first kappa shape index (κ1) is 19.4. The molecule has 2 atom stereocenters. The topological polar surface area (TPSA) is 55.4 Å². The Balaban J connectivity index is 1.69. The fourth-order valence-electron chi connectivity index (χ4n) is 4.54. The molecule has 4 nitrogen and oxygen atoms in total. The van der Waals surface area contributed by atoms with Crippen LogP contribution in [-0.4, -0.2) is 18.3 Å². The Morgan fingerprint density at radius 3 is 2.45 bits per heavy atom. The van der Waals surface area contributed by atoms with Gasteiger partial charge in [0.05, 0.1) is 6.61 Å². The van der Waals surface area contributed by atoms with Gasteiger partial charge in [0.25, 0.3) is 0 Å². The van der Waals surface area contributed by atoms with Gasteiger partial charge in [0.2, 0.25) is 5.91 Å². The van der Waals surface area contributed by atoms with Crippen molar-refractivity contribution in [1.82, 2.24) is 5.32 Å². The molecule has 4 rings (SSSR count). The second-order valence-electron chi connectivity index (χ2n) is 7.79. The summed E-state index contributed by atoms with van der Waals surface area (Å²) in [6.45, 7) is 4.62. The molecule has 1 heterocycles. The maximum absolute atomic E-state index is 13.2. The minimum atomic E-state index is -0.239. The number of nitrogens with one attached hydrogen (secondary N) is 1. The van der Waals surface area contributed by atoms with E-state index >= 15 is 0 Å². The summed E-state index contributed by atoms with van der Waals surface area (Å²) in [5.41, 5.74) is 4.93. The lowest BCUT2D eigenvalue weighted by Crippen LogP contribution is -2.38. The van der Waals surface area contributed by atoms with Crippen LogP contribution in [0.15, 0.2) is 59.8 Å². The third-order valence-corrected chi connectivity index (χ3v) is 5.99. The van der Waals surface area contributed by atoms with Crippen LogP contribution in [0, 0.1) is 0 Å². The predicted molar refractivity (Wildman–Crippen MR) is 113 cm³/mol. The van der Waals surface area contributed by atoms with Crippen molar-refractivity contribution in [3.8, 4) is 5.75 Å². The number of ketones is 1. The van der Waals surface area contributed by atoms with Crippen molar-refractivity contribution in [1.29, 1.82) is 0 Å². The second kappa shape index (κ2) is 8.24. The zero-order valence-corrected chi connectivity index (χ0v) is 17.0. The molecule has 0 radical (unpaired) electrons. The molecule has 2 unspecified atom stereocenters. The van der Waals surface area contributed by atoms with Gasteiger partial charge >= 0.3 is 0 Å². The third kappa shape index (κ3) is 3.84. The van der Waals surface area contributed by atoms with Crippen molar-refractivity contribution in [2.24, 2.45) is 0 Å². The lowest BCUT2D eigenvalue weighted by Gasteiger charge is -2.35. The molecule has 150 valence electrons. The van der Waals surface area contributed by atoms with E-state index in [2.05, 4.69) is 36.5 Å². The van der Waals surface area contributed by atoms with Gasteiger partial charge in [-0.3, -0.25) is 9.59 Å². The van der Waals surface area contributed by atoms with Crippen molar-refractivity contribution >= 4 is 11.7 Å². The van der Waals surface area contributed by atoms with Crippen LogP contribution in [0.5, 0.6) is 5.75 Å². The summed E-state index contributed by atoms with van der Waals surface area (Å²) in [7, 11) is 0. The van der Waals surface area contributed by atoms with E-state index in [9.17, 15) is 9.59 Å². The number of ether oxygens (including phenoxy) is 1. The smallest absolute Gasteiger partial charge is 0.225 e. The van der Waals surface area contributed by atoms with Crippen LogP contribution in [-0.2, 0) is 16.0 Å². The third-order valence-electron chi connectivity index (χ3n) is 5.99. The predicted octanol–water partition coefficient (Wildman–Crippen LogP) is 4.65. The summed E-state index contributed by atoms with van der Waals surface area (Å²) in [6, 6.07) is 16.2. The van der Waals surface area contributed by atoms with Crippen molar-refractivity contribution in [2.75, 3.05) is 6.61 Å². The highest BCUT2D eigenvalue weighted by Gasteiger charge is 2.39. The van der Waals surface area contributed by atoms with Crippen molar-refractivity contribution in [3.05, 3.63) is 76.5 Å². The molecule has 0 saturated heterocycles. The summed E-state index contributed by atoms with van der Waals surface area (Å²) >= 11 is 0. The van der Waals surface area contributed by atoms with Crippen LogP contribution in [0.25, 0.3) is 0 Å². The fourth-order valence-corrected chi connectivity index (χ4v) is 4.54. The number of hydrogen-bond acceptors (Lipinski definition) is 3. The Morgan fingerprint density at radius 1 is 0.966 bits per heavy atom. The van der Waals surface area contributed by atoms with Gasteiger partial charge in [-0.2, -0.15) is 0 Å². The molecular formula is C25H27NO3. The number of carbonyl (C=O) groups excluding carboxylic acids is 2. The van der Waals surface area contributed by atoms with E-state index in [1.807, 2.05) is 31.2 Å². The molecule has 2 aromatic rings. The number of aryl methyl sites for hydroxylation is 1. The highest BCUT2D eigenvalue weighted by molar-refractivity contribution is 6.02. The van der Waals surface area contributed by atoms with Crippen LogP contribution in [0.4, 0.5) is 0 Å². The highest BCUT2D eigenvalue weighted by Crippen LogP contribution is 2.44. The molecule has 1 aliphatic heterocycles. The first-order chi connectivity index (χ1) is 14.1. The van der Waals surface area contributed by atoms with Crippen molar-refractivity contribution in [2.45, 2.75) is 51.4 Å². The normalized spacial score (nSPS) is 21.6. The maximum Gasteiger partial charge on any atom is 0.225 e. The number of rotatable bonds is 5. The van der Waals surface area contributed by atoms with Gasteiger partial charge in [-0.1, -0.05) is 49.4 Å². The van der Waals surface area contributed by atoms with E-state index in [1.165, 1.54) is 5.56 Å². The SMILES string of the molecule is CCOc1ccccc1C1CC(=O)NC2=C1C(=O)CC(c1ccc(CC)cc1)C2. The van der Waals surface area contributed by atoms with Gasteiger partial charge in [-0.15, -0.1) is 0 Å². The van der Waals surface area contributed by atoms with Crippen molar-refractivity contribution < 1.29 is 14.3 Å². The van der Waals surface area contributed by atoms with Crippen LogP contribution in [0.1, 0.15) is 61.6 Å².